The summed E-state index contributed by atoms with van der Waals surface area (Å²) in [7, 11) is 0. The molecule has 0 bridgehead atoms. The van der Waals surface area contributed by atoms with E-state index in [1.165, 1.54) is 23.3 Å². The maximum Gasteiger partial charge on any atom is 0.123 e. The van der Waals surface area contributed by atoms with Crippen LogP contribution in [-0.4, -0.2) is 6.04 Å². The molecule has 0 aromatic heterocycles. The number of benzene rings is 2. The molecule has 0 amide bonds. The van der Waals surface area contributed by atoms with Gasteiger partial charge in [0.2, 0.25) is 0 Å². The van der Waals surface area contributed by atoms with E-state index >= 15 is 0 Å². The van der Waals surface area contributed by atoms with Crippen LogP contribution in [0.15, 0.2) is 48.5 Å². The van der Waals surface area contributed by atoms with Gasteiger partial charge in [0.05, 0.1) is 0 Å². The van der Waals surface area contributed by atoms with Crippen LogP contribution < -0.4 is 5.32 Å². The van der Waals surface area contributed by atoms with Crippen LogP contribution in [0.2, 0.25) is 0 Å². The van der Waals surface area contributed by atoms with Gasteiger partial charge in [-0.1, -0.05) is 42.0 Å². The van der Waals surface area contributed by atoms with Gasteiger partial charge in [0, 0.05) is 12.1 Å². The summed E-state index contributed by atoms with van der Waals surface area (Å²) >= 11 is 0. The van der Waals surface area contributed by atoms with Crippen molar-refractivity contribution in [2.24, 2.45) is 0 Å². The van der Waals surface area contributed by atoms with Crippen LogP contribution in [0, 0.1) is 12.7 Å². The van der Waals surface area contributed by atoms with E-state index in [1.54, 1.807) is 0 Å². The molecule has 0 aliphatic rings. The van der Waals surface area contributed by atoms with Crippen LogP contribution in [0.25, 0.3) is 0 Å². The molecule has 1 N–H and O–H groups in total. The second-order valence-corrected chi connectivity index (χ2v) is 5.87. The molecule has 112 valence electrons. The second-order valence-electron chi connectivity index (χ2n) is 5.87. The van der Waals surface area contributed by atoms with Crippen LogP contribution >= 0.6 is 0 Å². The number of halogens is 1. The summed E-state index contributed by atoms with van der Waals surface area (Å²) in [5.41, 5.74) is 3.82. The molecule has 0 fully saturated rings. The zero-order chi connectivity index (χ0) is 15.2. The Hall–Kier alpha value is -1.67. The van der Waals surface area contributed by atoms with Crippen molar-refractivity contribution >= 4 is 0 Å². The van der Waals surface area contributed by atoms with Gasteiger partial charge in [-0.05, 0) is 56.9 Å². The van der Waals surface area contributed by atoms with E-state index < -0.39 is 0 Å². The number of hydrogen-bond donors (Lipinski definition) is 1. The second kappa shape index (κ2) is 7.37. The van der Waals surface area contributed by atoms with E-state index in [2.05, 4.69) is 50.4 Å². The summed E-state index contributed by atoms with van der Waals surface area (Å²) in [6.07, 6.45) is 2.17. The highest BCUT2D eigenvalue weighted by atomic mass is 19.1. The van der Waals surface area contributed by atoms with Gasteiger partial charge in [0.1, 0.15) is 5.82 Å². The average molecular weight is 285 g/mol. The first-order valence-electron chi connectivity index (χ1n) is 7.61. The standard InChI is InChI=1S/C19H24FN/c1-14-5-4-6-17(13-14)8-7-15(2)21-16(3)18-9-11-19(20)12-10-18/h4-6,9-13,15-16,21H,7-8H2,1-3H3. The highest BCUT2D eigenvalue weighted by Crippen LogP contribution is 2.15. The lowest BCUT2D eigenvalue weighted by molar-refractivity contribution is 0.456. The van der Waals surface area contributed by atoms with Crippen LogP contribution in [-0.2, 0) is 6.42 Å². The predicted octanol–water partition coefficient (Wildman–Crippen LogP) is 4.81. The molecular weight excluding hydrogens is 261 g/mol. The minimum Gasteiger partial charge on any atom is -0.308 e. The van der Waals surface area contributed by atoms with E-state index in [-0.39, 0.29) is 11.9 Å². The fourth-order valence-corrected chi connectivity index (χ4v) is 2.61. The fourth-order valence-electron chi connectivity index (χ4n) is 2.61. The molecule has 0 heterocycles. The molecule has 2 atom stereocenters. The summed E-state index contributed by atoms with van der Waals surface area (Å²) in [5.74, 6) is -0.182. The minimum absolute atomic E-state index is 0.182. The Balaban J connectivity index is 1.83. The Bertz CT molecular complexity index is 562. The molecular formula is C19H24FN. The van der Waals surface area contributed by atoms with Gasteiger partial charge < -0.3 is 5.32 Å². The third-order valence-electron chi connectivity index (χ3n) is 3.85. The maximum atomic E-state index is 12.9. The lowest BCUT2D eigenvalue weighted by Gasteiger charge is -2.20. The van der Waals surface area contributed by atoms with Gasteiger partial charge in [-0.2, -0.15) is 0 Å². The van der Waals surface area contributed by atoms with Crippen LogP contribution in [0.3, 0.4) is 0 Å². The van der Waals surface area contributed by atoms with Crippen LogP contribution in [0.5, 0.6) is 0 Å². The van der Waals surface area contributed by atoms with E-state index in [0.29, 0.717) is 6.04 Å². The van der Waals surface area contributed by atoms with Gasteiger partial charge >= 0.3 is 0 Å². The smallest absolute Gasteiger partial charge is 0.123 e. The molecule has 2 aromatic rings. The third kappa shape index (κ3) is 4.98. The number of rotatable bonds is 6. The van der Waals surface area contributed by atoms with Crippen molar-refractivity contribution in [3.8, 4) is 0 Å². The topological polar surface area (TPSA) is 12.0 Å². The zero-order valence-corrected chi connectivity index (χ0v) is 13.1. The summed E-state index contributed by atoms with van der Waals surface area (Å²) in [6, 6.07) is 16.1. The van der Waals surface area contributed by atoms with Crippen molar-refractivity contribution in [3.05, 3.63) is 71.0 Å². The maximum absolute atomic E-state index is 12.9. The van der Waals surface area contributed by atoms with E-state index in [9.17, 15) is 4.39 Å². The molecule has 0 radical (unpaired) electrons. The Labute approximate surface area is 127 Å². The Morgan fingerprint density at radius 3 is 2.43 bits per heavy atom. The lowest BCUT2D eigenvalue weighted by Crippen LogP contribution is -2.29. The minimum atomic E-state index is -0.182. The molecule has 21 heavy (non-hydrogen) atoms. The third-order valence-corrected chi connectivity index (χ3v) is 3.85. The van der Waals surface area contributed by atoms with Crippen molar-refractivity contribution in [1.29, 1.82) is 0 Å². The molecule has 0 aliphatic carbocycles. The van der Waals surface area contributed by atoms with Crippen LogP contribution in [0.1, 0.15) is 43.0 Å². The van der Waals surface area contributed by atoms with E-state index in [1.807, 2.05) is 12.1 Å². The molecule has 0 saturated heterocycles. The first-order chi connectivity index (χ1) is 10.0. The van der Waals surface area contributed by atoms with Gasteiger partial charge in [-0.15, -0.1) is 0 Å². The van der Waals surface area contributed by atoms with E-state index in [4.69, 9.17) is 0 Å². The SMILES string of the molecule is Cc1cccc(CCC(C)NC(C)c2ccc(F)cc2)c1. The first-order valence-corrected chi connectivity index (χ1v) is 7.61. The zero-order valence-electron chi connectivity index (χ0n) is 13.1. The molecule has 2 rings (SSSR count). The Kier molecular flexibility index (Phi) is 5.51. The number of hydrogen-bond acceptors (Lipinski definition) is 1. The molecule has 2 heteroatoms. The highest BCUT2D eigenvalue weighted by molar-refractivity contribution is 5.22. The van der Waals surface area contributed by atoms with Gasteiger partial charge in [0.15, 0.2) is 0 Å². The van der Waals surface area contributed by atoms with Crippen molar-refractivity contribution in [1.82, 2.24) is 5.32 Å². The number of nitrogens with one attached hydrogen (secondary N) is 1. The molecule has 1 nitrogen and oxygen atoms in total. The molecule has 0 spiro atoms. The fraction of sp³-hybridized carbons (Fsp3) is 0.368. The summed E-state index contributed by atoms with van der Waals surface area (Å²) in [4.78, 5) is 0. The molecule has 0 aliphatic heterocycles. The normalized spacial score (nSPS) is 13.9. The van der Waals surface area contributed by atoms with Crippen molar-refractivity contribution in [2.75, 3.05) is 0 Å². The van der Waals surface area contributed by atoms with Gasteiger partial charge in [-0.3, -0.25) is 0 Å². The van der Waals surface area contributed by atoms with Gasteiger partial charge in [0.25, 0.3) is 0 Å². The molecule has 0 saturated carbocycles. The van der Waals surface area contributed by atoms with Crippen molar-refractivity contribution in [3.63, 3.8) is 0 Å². The predicted molar refractivity (Wildman–Crippen MR) is 86.9 cm³/mol. The largest absolute Gasteiger partial charge is 0.308 e. The average Bonchev–Trinajstić information content (AvgIpc) is 2.46. The number of aryl methyl sites for hydroxylation is 2. The lowest BCUT2D eigenvalue weighted by atomic mass is 10.0. The molecule has 2 aromatic carbocycles. The summed E-state index contributed by atoms with van der Waals surface area (Å²) in [5, 5.41) is 3.58. The summed E-state index contributed by atoms with van der Waals surface area (Å²) in [6.45, 7) is 6.45. The monoisotopic (exact) mass is 285 g/mol. The highest BCUT2D eigenvalue weighted by Gasteiger charge is 2.09. The van der Waals surface area contributed by atoms with Crippen molar-refractivity contribution in [2.45, 2.75) is 45.7 Å². The molecule has 2 unspecified atom stereocenters. The Morgan fingerprint density at radius 1 is 1.05 bits per heavy atom. The Morgan fingerprint density at radius 2 is 1.76 bits per heavy atom. The summed E-state index contributed by atoms with van der Waals surface area (Å²) < 4.78 is 12.9. The van der Waals surface area contributed by atoms with Crippen molar-refractivity contribution < 1.29 is 4.39 Å². The van der Waals surface area contributed by atoms with Crippen LogP contribution in [0.4, 0.5) is 4.39 Å². The quantitative estimate of drug-likeness (QED) is 0.803. The van der Waals surface area contributed by atoms with Gasteiger partial charge in [-0.25, -0.2) is 4.39 Å². The first kappa shape index (κ1) is 15.7. The van der Waals surface area contributed by atoms with E-state index in [0.717, 1.165) is 18.4 Å².